The number of anilines is 3. The van der Waals surface area contributed by atoms with E-state index >= 15 is 0 Å². The van der Waals surface area contributed by atoms with Gasteiger partial charge in [-0.15, -0.1) is 0 Å². The minimum atomic E-state index is 0.682. The molecule has 0 fully saturated rings. The van der Waals surface area contributed by atoms with E-state index in [9.17, 15) is 0 Å². The lowest BCUT2D eigenvalue weighted by Gasteiger charge is -2.06. The molecule has 1 aromatic carbocycles. The first kappa shape index (κ1) is 10.5. The Hall–Kier alpha value is -2.62. The van der Waals surface area contributed by atoms with Crippen molar-refractivity contribution in [3.63, 3.8) is 0 Å². The molecule has 4 heteroatoms. The molecule has 0 aliphatic carbocycles. The van der Waals surface area contributed by atoms with E-state index in [1.165, 1.54) is 0 Å². The van der Waals surface area contributed by atoms with Crippen molar-refractivity contribution < 1.29 is 0 Å². The van der Waals surface area contributed by atoms with Crippen LogP contribution in [0.15, 0.2) is 54.9 Å². The molecule has 0 amide bonds. The number of fused-ring (bicyclic) bond motifs is 1. The Morgan fingerprint density at radius 2 is 1.89 bits per heavy atom. The lowest BCUT2D eigenvalue weighted by Crippen LogP contribution is -1.95. The van der Waals surface area contributed by atoms with Gasteiger partial charge in [0, 0.05) is 23.3 Å². The summed E-state index contributed by atoms with van der Waals surface area (Å²) in [6.07, 6.45) is 3.46. The third kappa shape index (κ3) is 2.08. The van der Waals surface area contributed by atoms with Gasteiger partial charge in [0.2, 0.25) is 0 Å². The van der Waals surface area contributed by atoms with Crippen LogP contribution in [-0.4, -0.2) is 9.97 Å². The average Bonchev–Trinajstić information content (AvgIpc) is 2.39. The van der Waals surface area contributed by atoms with Crippen LogP contribution in [-0.2, 0) is 0 Å². The minimum absolute atomic E-state index is 0.682. The molecule has 3 rings (SSSR count). The van der Waals surface area contributed by atoms with Crippen molar-refractivity contribution in [2.45, 2.75) is 0 Å². The summed E-state index contributed by atoms with van der Waals surface area (Å²) in [5.41, 5.74) is 8.26. The summed E-state index contributed by atoms with van der Waals surface area (Å²) in [6.45, 7) is 0. The number of nitrogens with one attached hydrogen (secondary N) is 1. The van der Waals surface area contributed by atoms with E-state index in [-0.39, 0.29) is 0 Å². The highest BCUT2D eigenvalue weighted by atomic mass is 15.0. The molecule has 3 aromatic rings. The molecule has 0 aliphatic heterocycles. The smallest absolute Gasteiger partial charge is 0.132 e. The van der Waals surface area contributed by atoms with Crippen molar-refractivity contribution in [2.24, 2.45) is 0 Å². The first-order valence-corrected chi connectivity index (χ1v) is 5.65. The van der Waals surface area contributed by atoms with E-state index in [2.05, 4.69) is 15.3 Å². The normalized spacial score (nSPS) is 10.4. The topological polar surface area (TPSA) is 63.8 Å². The van der Waals surface area contributed by atoms with Crippen LogP contribution in [0.2, 0.25) is 0 Å². The first-order chi connectivity index (χ1) is 8.81. The standard InChI is InChI=1S/C14H12N4/c15-11-5-6-16-14(8-11)18-12-7-10-3-1-2-4-13(10)17-9-12/h1-9H,(H3,15,16,18). The third-order valence-electron chi connectivity index (χ3n) is 2.65. The molecule has 18 heavy (non-hydrogen) atoms. The predicted molar refractivity (Wildman–Crippen MR) is 73.7 cm³/mol. The van der Waals surface area contributed by atoms with Crippen LogP contribution in [0.3, 0.4) is 0 Å². The van der Waals surface area contributed by atoms with Crippen molar-refractivity contribution >= 4 is 28.1 Å². The van der Waals surface area contributed by atoms with E-state index in [1.54, 1.807) is 24.5 Å². The van der Waals surface area contributed by atoms with Gasteiger partial charge in [-0.25, -0.2) is 4.98 Å². The second kappa shape index (κ2) is 4.33. The molecule has 2 aromatic heterocycles. The minimum Gasteiger partial charge on any atom is -0.399 e. The maximum absolute atomic E-state index is 5.71. The zero-order valence-electron chi connectivity index (χ0n) is 9.67. The first-order valence-electron chi connectivity index (χ1n) is 5.65. The lowest BCUT2D eigenvalue weighted by atomic mass is 10.2. The fourth-order valence-corrected chi connectivity index (χ4v) is 1.80. The van der Waals surface area contributed by atoms with Gasteiger partial charge in [0.15, 0.2) is 0 Å². The van der Waals surface area contributed by atoms with Crippen molar-refractivity contribution in [3.8, 4) is 0 Å². The van der Waals surface area contributed by atoms with E-state index in [0.29, 0.717) is 11.5 Å². The number of para-hydroxylation sites is 1. The van der Waals surface area contributed by atoms with Gasteiger partial charge < -0.3 is 11.1 Å². The van der Waals surface area contributed by atoms with Crippen molar-refractivity contribution in [1.82, 2.24) is 9.97 Å². The highest BCUT2D eigenvalue weighted by Gasteiger charge is 1.99. The highest BCUT2D eigenvalue weighted by Crippen LogP contribution is 2.19. The van der Waals surface area contributed by atoms with Crippen LogP contribution in [0.25, 0.3) is 10.9 Å². The molecular formula is C14H12N4. The van der Waals surface area contributed by atoms with Gasteiger partial charge in [-0.05, 0) is 18.2 Å². The molecule has 0 saturated heterocycles. The largest absolute Gasteiger partial charge is 0.399 e. The lowest BCUT2D eigenvalue weighted by molar-refractivity contribution is 1.30. The van der Waals surface area contributed by atoms with Crippen LogP contribution in [0.4, 0.5) is 17.2 Å². The number of hydrogen-bond acceptors (Lipinski definition) is 4. The molecule has 0 aliphatic rings. The van der Waals surface area contributed by atoms with Crippen molar-refractivity contribution in [1.29, 1.82) is 0 Å². The number of nitrogens with zero attached hydrogens (tertiary/aromatic N) is 2. The van der Waals surface area contributed by atoms with Gasteiger partial charge in [0.25, 0.3) is 0 Å². The Kier molecular flexibility index (Phi) is 2.53. The van der Waals surface area contributed by atoms with Crippen LogP contribution in [0.1, 0.15) is 0 Å². The Balaban J connectivity index is 1.95. The molecule has 4 nitrogen and oxygen atoms in total. The Bertz CT molecular complexity index is 694. The molecule has 88 valence electrons. The zero-order chi connectivity index (χ0) is 12.4. The van der Waals surface area contributed by atoms with E-state index in [1.807, 2.05) is 30.3 Å². The molecular weight excluding hydrogens is 224 g/mol. The van der Waals surface area contributed by atoms with E-state index in [4.69, 9.17) is 5.73 Å². The van der Waals surface area contributed by atoms with Crippen LogP contribution >= 0.6 is 0 Å². The fourth-order valence-electron chi connectivity index (χ4n) is 1.80. The molecule has 0 saturated carbocycles. The second-order valence-corrected chi connectivity index (χ2v) is 4.02. The fraction of sp³-hybridized carbons (Fsp3) is 0. The predicted octanol–water partition coefficient (Wildman–Crippen LogP) is 2.96. The summed E-state index contributed by atoms with van der Waals surface area (Å²) in [5.74, 6) is 0.715. The Morgan fingerprint density at radius 3 is 2.78 bits per heavy atom. The Labute approximate surface area is 104 Å². The molecule has 0 unspecified atom stereocenters. The number of aromatic nitrogens is 2. The quantitative estimate of drug-likeness (QED) is 0.718. The van der Waals surface area contributed by atoms with Crippen LogP contribution < -0.4 is 11.1 Å². The highest BCUT2D eigenvalue weighted by molar-refractivity contribution is 5.82. The van der Waals surface area contributed by atoms with E-state index in [0.717, 1.165) is 16.6 Å². The third-order valence-corrected chi connectivity index (χ3v) is 2.65. The van der Waals surface area contributed by atoms with Gasteiger partial charge in [-0.1, -0.05) is 18.2 Å². The van der Waals surface area contributed by atoms with Gasteiger partial charge >= 0.3 is 0 Å². The number of rotatable bonds is 2. The molecule has 0 radical (unpaired) electrons. The maximum Gasteiger partial charge on any atom is 0.132 e. The Morgan fingerprint density at radius 1 is 1.00 bits per heavy atom. The molecule has 0 spiro atoms. The zero-order valence-corrected chi connectivity index (χ0v) is 9.67. The number of pyridine rings is 2. The van der Waals surface area contributed by atoms with Crippen molar-refractivity contribution in [2.75, 3.05) is 11.1 Å². The molecule has 2 heterocycles. The SMILES string of the molecule is Nc1ccnc(Nc2cnc3ccccc3c2)c1. The summed E-state index contributed by atoms with van der Waals surface area (Å²) in [7, 11) is 0. The molecule has 0 atom stereocenters. The molecule has 3 N–H and O–H groups in total. The monoisotopic (exact) mass is 236 g/mol. The van der Waals surface area contributed by atoms with E-state index < -0.39 is 0 Å². The van der Waals surface area contributed by atoms with Gasteiger partial charge in [-0.2, -0.15) is 0 Å². The number of nitrogen functional groups attached to an aromatic ring is 1. The number of nitrogens with two attached hydrogens (primary N) is 1. The van der Waals surface area contributed by atoms with Gasteiger partial charge in [0.05, 0.1) is 17.4 Å². The van der Waals surface area contributed by atoms with Crippen LogP contribution in [0, 0.1) is 0 Å². The summed E-state index contributed by atoms with van der Waals surface area (Å²) >= 11 is 0. The maximum atomic E-state index is 5.71. The number of benzene rings is 1. The van der Waals surface area contributed by atoms with Crippen molar-refractivity contribution in [3.05, 3.63) is 54.9 Å². The summed E-state index contributed by atoms with van der Waals surface area (Å²) in [6, 6.07) is 13.6. The van der Waals surface area contributed by atoms with Gasteiger partial charge in [-0.3, -0.25) is 4.98 Å². The van der Waals surface area contributed by atoms with Gasteiger partial charge in [0.1, 0.15) is 5.82 Å². The average molecular weight is 236 g/mol. The summed E-state index contributed by atoms with van der Waals surface area (Å²) in [4.78, 5) is 8.57. The van der Waals surface area contributed by atoms with Crippen LogP contribution in [0.5, 0.6) is 0 Å². The summed E-state index contributed by atoms with van der Waals surface area (Å²) in [5, 5.41) is 4.27. The summed E-state index contributed by atoms with van der Waals surface area (Å²) < 4.78 is 0. The number of hydrogen-bond donors (Lipinski definition) is 2. The second-order valence-electron chi connectivity index (χ2n) is 4.02. The molecule has 0 bridgehead atoms.